The van der Waals surface area contributed by atoms with E-state index in [4.69, 9.17) is 5.73 Å². The first-order valence-electron chi connectivity index (χ1n) is 6.49. The molecule has 0 spiro atoms. The molecule has 0 amide bonds. The van der Waals surface area contributed by atoms with Gasteiger partial charge in [0.15, 0.2) is 0 Å². The van der Waals surface area contributed by atoms with E-state index < -0.39 is 21.4 Å². The van der Waals surface area contributed by atoms with E-state index in [-0.39, 0.29) is 17.0 Å². The number of nitrogens with two attached hydrogens (primary N) is 1. The lowest BCUT2D eigenvalue weighted by Gasteiger charge is -2.25. The Morgan fingerprint density at radius 3 is 2.55 bits per heavy atom. The van der Waals surface area contributed by atoms with Crippen molar-refractivity contribution in [1.82, 2.24) is 4.72 Å². The lowest BCUT2D eigenvalue weighted by Crippen LogP contribution is -2.43. The Bertz CT molecular complexity index is 613. The highest BCUT2D eigenvalue weighted by Crippen LogP contribution is 2.32. The van der Waals surface area contributed by atoms with Crippen LogP contribution < -0.4 is 10.5 Å². The van der Waals surface area contributed by atoms with Crippen molar-refractivity contribution in [3.8, 4) is 0 Å². The summed E-state index contributed by atoms with van der Waals surface area (Å²) in [6.45, 7) is 1.81. The maximum absolute atomic E-state index is 14.2. The molecule has 0 saturated heterocycles. The van der Waals surface area contributed by atoms with E-state index in [2.05, 4.69) is 20.7 Å². The number of nitrogens with one attached hydrogen (secondary N) is 1. The van der Waals surface area contributed by atoms with Crippen LogP contribution in [-0.2, 0) is 16.6 Å². The van der Waals surface area contributed by atoms with Gasteiger partial charge in [-0.2, -0.15) is 0 Å². The average molecular weight is 365 g/mol. The summed E-state index contributed by atoms with van der Waals surface area (Å²) in [7, 11) is -3.90. The van der Waals surface area contributed by atoms with Gasteiger partial charge >= 0.3 is 0 Å². The van der Waals surface area contributed by atoms with Gasteiger partial charge in [-0.25, -0.2) is 17.5 Å². The predicted molar refractivity (Wildman–Crippen MR) is 79.2 cm³/mol. The smallest absolute Gasteiger partial charge is 0.244 e. The fourth-order valence-electron chi connectivity index (χ4n) is 2.60. The Balaban J connectivity index is 2.41. The lowest BCUT2D eigenvalue weighted by molar-refractivity contribution is 0.425. The molecule has 2 rings (SSSR count). The first-order valence-corrected chi connectivity index (χ1v) is 8.77. The Morgan fingerprint density at radius 2 is 2.00 bits per heavy atom. The molecule has 1 aliphatic rings. The summed E-state index contributed by atoms with van der Waals surface area (Å²) in [5, 5.41) is 0. The van der Waals surface area contributed by atoms with Crippen LogP contribution in [0, 0.1) is 5.82 Å². The summed E-state index contributed by atoms with van der Waals surface area (Å²) in [5.41, 5.74) is 5.13. The number of hydrogen-bond donors (Lipinski definition) is 2. The molecule has 7 heteroatoms. The van der Waals surface area contributed by atoms with Gasteiger partial charge in [-0.05, 0) is 31.9 Å². The third-order valence-electron chi connectivity index (χ3n) is 3.68. The van der Waals surface area contributed by atoms with Crippen LogP contribution in [-0.4, -0.2) is 14.0 Å². The zero-order valence-corrected chi connectivity index (χ0v) is 13.7. The molecule has 0 radical (unpaired) electrons. The van der Waals surface area contributed by atoms with Crippen LogP contribution in [0.15, 0.2) is 21.5 Å². The summed E-state index contributed by atoms with van der Waals surface area (Å²) in [4.78, 5) is -0.347. The van der Waals surface area contributed by atoms with Crippen LogP contribution in [0.5, 0.6) is 0 Å². The van der Waals surface area contributed by atoms with Crippen molar-refractivity contribution in [3.63, 3.8) is 0 Å². The quantitative estimate of drug-likeness (QED) is 0.862. The topological polar surface area (TPSA) is 72.2 Å². The normalized spacial score (nSPS) is 18.4. The third kappa shape index (κ3) is 3.21. The maximum Gasteiger partial charge on any atom is 0.244 e. The van der Waals surface area contributed by atoms with Gasteiger partial charge in [-0.15, -0.1) is 0 Å². The minimum atomic E-state index is -3.90. The van der Waals surface area contributed by atoms with E-state index >= 15 is 0 Å². The minimum absolute atomic E-state index is 0.0505. The number of benzene rings is 1. The summed E-state index contributed by atoms with van der Waals surface area (Å²) in [5.74, 6) is -0.773. The molecule has 0 bridgehead atoms. The zero-order valence-electron chi connectivity index (χ0n) is 11.2. The lowest BCUT2D eigenvalue weighted by atomic mass is 10.0. The van der Waals surface area contributed by atoms with Crippen LogP contribution >= 0.6 is 15.9 Å². The predicted octanol–water partition coefficient (Wildman–Crippen LogP) is 2.66. The Hall–Kier alpha value is -0.500. The van der Waals surface area contributed by atoms with E-state index in [0.717, 1.165) is 25.7 Å². The van der Waals surface area contributed by atoms with Crippen molar-refractivity contribution in [1.29, 1.82) is 0 Å². The van der Waals surface area contributed by atoms with Crippen LogP contribution in [0.4, 0.5) is 4.39 Å². The van der Waals surface area contributed by atoms with Gasteiger partial charge in [0, 0.05) is 22.1 Å². The van der Waals surface area contributed by atoms with Gasteiger partial charge in [-0.1, -0.05) is 28.8 Å². The van der Waals surface area contributed by atoms with Gasteiger partial charge in [0.2, 0.25) is 10.0 Å². The number of halogens is 2. The standard InChI is InChI=1S/C13H18BrFN2O2S/c1-13(4-2-3-5-13)17-20(18,19)11-7-10(14)6-9(8-16)12(11)15/h6-7,17H,2-5,8,16H2,1H3. The highest BCUT2D eigenvalue weighted by Gasteiger charge is 2.35. The van der Waals surface area contributed by atoms with Crippen LogP contribution in [0.2, 0.25) is 0 Å². The Labute approximate surface area is 127 Å². The fraction of sp³-hybridized carbons (Fsp3) is 0.538. The second-order valence-electron chi connectivity index (χ2n) is 5.45. The van der Waals surface area contributed by atoms with Gasteiger partial charge in [-0.3, -0.25) is 0 Å². The molecular weight excluding hydrogens is 347 g/mol. The fourth-order valence-corrected chi connectivity index (χ4v) is 4.87. The first-order chi connectivity index (χ1) is 9.27. The highest BCUT2D eigenvalue weighted by atomic mass is 79.9. The van der Waals surface area contributed by atoms with Crippen molar-refractivity contribution < 1.29 is 12.8 Å². The molecule has 1 aromatic rings. The van der Waals surface area contributed by atoms with E-state index in [1.807, 2.05) is 6.92 Å². The number of rotatable bonds is 4. The molecule has 4 nitrogen and oxygen atoms in total. The molecule has 1 fully saturated rings. The van der Waals surface area contributed by atoms with Crippen LogP contribution in [0.25, 0.3) is 0 Å². The molecule has 20 heavy (non-hydrogen) atoms. The van der Waals surface area contributed by atoms with Crippen molar-refractivity contribution in [2.45, 2.75) is 49.6 Å². The SMILES string of the molecule is CC1(NS(=O)(=O)c2cc(Br)cc(CN)c2F)CCCC1. The van der Waals surface area contributed by atoms with Gasteiger partial charge in [0.05, 0.1) is 0 Å². The van der Waals surface area contributed by atoms with E-state index in [9.17, 15) is 12.8 Å². The van der Waals surface area contributed by atoms with Crippen LogP contribution in [0.3, 0.4) is 0 Å². The van der Waals surface area contributed by atoms with E-state index in [1.165, 1.54) is 12.1 Å². The Morgan fingerprint density at radius 1 is 1.40 bits per heavy atom. The molecule has 0 aromatic heterocycles. The molecule has 1 aromatic carbocycles. The average Bonchev–Trinajstić information content (AvgIpc) is 2.77. The van der Waals surface area contributed by atoms with Crippen molar-refractivity contribution >= 4 is 26.0 Å². The highest BCUT2D eigenvalue weighted by molar-refractivity contribution is 9.10. The summed E-state index contributed by atoms with van der Waals surface area (Å²) < 4.78 is 42.2. The molecular formula is C13H18BrFN2O2S. The second kappa shape index (κ2) is 5.71. The molecule has 112 valence electrons. The number of hydrogen-bond acceptors (Lipinski definition) is 3. The minimum Gasteiger partial charge on any atom is -0.326 e. The monoisotopic (exact) mass is 364 g/mol. The largest absolute Gasteiger partial charge is 0.326 e. The molecule has 3 N–H and O–H groups in total. The van der Waals surface area contributed by atoms with Crippen molar-refractivity contribution in [2.75, 3.05) is 0 Å². The first kappa shape index (κ1) is 15.9. The molecule has 0 heterocycles. The molecule has 1 saturated carbocycles. The van der Waals surface area contributed by atoms with Crippen molar-refractivity contribution in [2.24, 2.45) is 5.73 Å². The van der Waals surface area contributed by atoms with Gasteiger partial charge < -0.3 is 5.73 Å². The van der Waals surface area contributed by atoms with Crippen molar-refractivity contribution in [3.05, 3.63) is 28.0 Å². The molecule has 0 unspecified atom stereocenters. The molecule has 0 aliphatic heterocycles. The Kier molecular flexibility index (Phi) is 4.53. The summed E-state index contributed by atoms with van der Waals surface area (Å²) in [6.07, 6.45) is 3.50. The zero-order chi connectivity index (χ0) is 15.0. The maximum atomic E-state index is 14.2. The number of sulfonamides is 1. The van der Waals surface area contributed by atoms with Gasteiger partial charge in [0.1, 0.15) is 10.7 Å². The molecule has 1 aliphatic carbocycles. The third-order valence-corrected chi connectivity index (χ3v) is 5.77. The van der Waals surface area contributed by atoms with Gasteiger partial charge in [0.25, 0.3) is 0 Å². The second-order valence-corrected chi connectivity index (χ2v) is 8.02. The summed E-state index contributed by atoms with van der Waals surface area (Å²) in [6, 6.07) is 2.76. The molecule has 0 atom stereocenters. The van der Waals surface area contributed by atoms with Crippen LogP contribution in [0.1, 0.15) is 38.2 Å². The van der Waals surface area contributed by atoms with E-state index in [1.54, 1.807) is 0 Å². The summed E-state index contributed by atoms with van der Waals surface area (Å²) >= 11 is 3.19. The van der Waals surface area contributed by atoms with E-state index in [0.29, 0.717) is 4.47 Å².